The molecule has 3 aromatic rings. The lowest BCUT2D eigenvalue weighted by Gasteiger charge is -2.14. The third-order valence-corrected chi connectivity index (χ3v) is 6.84. The monoisotopic (exact) mass is 528 g/mol. The van der Waals surface area contributed by atoms with Crippen molar-refractivity contribution in [3.05, 3.63) is 110 Å². The summed E-state index contributed by atoms with van der Waals surface area (Å²) in [7, 11) is 0. The van der Waals surface area contributed by atoms with Gasteiger partial charge in [-0.05, 0) is 74.7 Å². The highest BCUT2D eigenvalue weighted by Crippen LogP contribution is 2.25. The normalized spacial score (nSPS) is 15.6. The first-order chi connectivity index (χ1) is 19.0. The Kier molecular flexibility index (Phi) is 9.27. The first kappa shape index (κ1) is 27.8. The smallest absolute Gasteiger partial charge is 0.275 e. The Balaban J connectivity index is 0.00000172. The van der Waals surface area contributed by atoms with E-state index in [0.29, 0.717) is 46.8 Å². The molecule has 9 heteroatoms. The van der Waals surface area contributed by atoms with E-state index in [2.05, 4.69) is 25.0 Å². The van der Waals surface area contributed by atoms with Gasteiger partial charge in [-0.15, -0.1) is 0 Å². The van der Waals surface area contributed by atoms with Gasteiger partial charge in [0.25, 0.3) is 11.1 Å². The van der Waals surface area contributed by atoms with Crippen LogP contribution in [-0.4, -0.2) is 54.4 Å². The molecular formula is C30H36N6O3. The van der Waals surface area contributed by atoms with Crippen molar-refractivity contribution >= 4 is 17.2 Å². The molecule has 1 aliphatic heterocycles. The van der Waals surface area contributed by atoms with Crippen molar-refractivity contribution in [2.75, 3.05) is 19.6 Å². The zero-order chi connectivity index (χ0) is 27.8. The van der Waals surface area contributed by atoms with Crippen molar-refractivity contribution in [1.82, 2.24) is 29.6 Å². The Morgan fingerprint density at radius 2 is 1.87 bits per heavy atom. The molecule has 1 saturated heterocycles. The highest BCUT2D eigenvalue weighted by molar-refractivity contribution is 5.87. The first-order valence-corrected chi connectivity index (χ1v) is 13.5. The number of aliphatic hydroxyl groups is 1. The summed E-state index contributed by atoms with van der Waals surface area (Å²) in [6.07, 6.45) is 16.1. The highest BCUT2D eigenvalue weighted by Gasteiger charge is 2.23. The second-order valence-corrected chi connectivity index (χ2v) is 9.25. The third kappa shape index (κ3) is 6.26. The van der Waals surface area contributed by atoms with Crippen LogP contribution in [0.1, 0.15) is 60.6 Å². The lowest BCUT2D eigenvalue weighted by atomic mass is 10.0. The van der Waals surface area contributed by atoms with E-state index < -0.39 is 0 Å². The Labute approximate surface area is 227 Å². The third-order valence-electron chi connectivity index (χ3n) is 6.84. The zero-order valence-electron chi connectivity index (χ0n) is 22.8. The number of aromatic amines is 2. The quantitative estimate of drug-likeness (QED) is 0.312. The summed E-state index contributed by atoms with van der Waals surface area (Å²) in [5.41, 5.74) is 4.35. The lowest BCUT2D eigenvalue weighted by Crippen LogP contribution is -2.28. The van der Waals surface area contributed by atoms with Crippen LogP contribution in [0.15, 0.2) is 64.7 Å². The molecule has 5 rings (SSSR count). The van der Waals surface area contributed by atoms with Crippen LogP contribution in [0, 0.1) is 6.92 Å². The van der Waals surface area contributed by atoms with E-state index in [4.69, 9.17) is 0 Å². The number of likely N-dealkylation sites (tertiary alicyclic amines) is 1. The van der Waals surface area contributed by atoms with E-state index in [1.165, 1.54) is 12.8 Å². The Hall–Kier alpha value is -4.24. The summed E-state index contributed by atoms with van der Waals surface area (Å²) >= 11 is 0. The Morgan fingerprint density at radius 3 is 2.59 bits per heavy atom. The van der Waals surface area contributed by atoms with Gasteiger partial charge in [-0.25, -0.2) is 4.98 Å². The van der Waals surface area contributed by atoms with Crippen molar-refractivity contribution in [3.8, 4) is 0 Å². The molecule has 1 aliphatic carbocycles. The molecular weight excluding hydrogens is 492 g/mol. The molecule has 0 spiro atoms. The van der Waals surface area contributed by atoms with E-state index in [0.717, 1.165) is 31.5 Å². The van der Waals surface area contributed by atoms with Crippen LogP contribution in [0.2, 0.25) is 0 Å². The summed E-state index contributed by atoms with van der Waals surface area (Å²) in [5.74, 6) is 0. The predicted octanol–water partition coefficient (Wildman–Crippen LogP) is 4.24. The van der Waals surface area contributed by atoms with Crippen LogP contribution in [0.4, 0.5) is 0 Å². The van der Waals surface area contributed by atoms with Crippen molar-refractivity contribution in [2.45, 2.75) is 46.6 Å². The van der Waals surface area contributed by atoms with Crippen LogP contribution in [0.5, 0.6) is 0 Å². The average Bonchev–Trinajstić information content (AvgIpc) is 3.53. The van der Waals surface area contributed by atoms with Gasteiger partial charge < -0.3 is 15.0 Å². The molecule has 1 fully saturated rings. The molecule has 0 bridgehead atoms. The van der Waals surface area contributed by atoms with Crippen LogP contribution >= 0.6 is 0 Å². The van der Waals surface area contributed by atoms with Crippen LogP contribution in [0.3, 0.4) is 0 Å². The van der Waals surface area contributed by atoms with E-state index in [-0.39, 0.29) is 16.8 Å². The molecule has 0 amide bonds. The van der Waals surface area contributed by atoms with Crippen molar-refractivity contribution in [3.63, 3.8) is 0 Å². The van der Waals surface area contributed by atoms with Crippen LogP contribution < -0.4 is 11.1 Å². The summed E-state index contributed by atoms with van der Waals surface area (Å²) in [6.45, 7) is 9.34. The molecule has 39 heavy (non-hydrogen) atoms. The summed E-state index contributed by atoms with van der Waals surface area (Å²) in [5, 5.41) is 12.7. The number of aliphatic hydroxyl groups excluding tert-OH is 1. The second kappa shape index (κ2) is 13.0. The molecule has 3 N–H and O–H groups in total. The largest absolute Gasteiger partial charge is 0.516 e. The number of hydrogen-bond donors (Lipinski definition) is 3. The number of rotatable bonds is 7. The first-order valence-electron chi connectivity index (χ1n) is 13.5. The van der Waals surface area contributed by atoms with Gasteiger partial charge in [-0.1, -0.05) is 32.1 Å². The fourth-order valence-corrected chi connectivity index (χ4v) is 4.85. The molecule has 3 aromatic heterocycles. The van der Waals surface area contributed by atoms with Crippen molar-refractivity contribution in [1.29, 1.82) is 0 Å². The fraction of sp³-hybridized carbons (Fsp3) is 0.333. The average molecular weight is 529 g/mol. The van der Waals surface area contributed by atoms with Gasteiger partial charge in [0.05, 0.1) is 29.9 Å². The number of hydrogen-bond acceptors (Lipinski definition) is 6. The number of pyridine rings is 1. The summed E-state index contributed by atoms with van der Waals surface area (Å²) in [6, 6.07) is 3.63. The molecule has 204 valence electrons. The molecule has 0 aromatic carbocycles. The number of nitrogens with one attached hydrogen (secondary N) is 2. The Morgan fingerprint density at radius 1 is 1.13 bits per heavy atom. The number of nitrogens with zero attached hydrogens (tertiary/aromatic N) is 4. The maximum absolute atomic E-state index is 13.3. The molecule has 4 heterocycles. The van der Waals surface area contributed by atoms with Gasteiger partial charge >= 0.3 is 0 Å². The molecule has 0 atom stereocenters. The predicted molar refractivity (Wildman–Crippen MR) is 155 cm³/mol. The van der Waals surface area contributed by atoms with Crippen molar-refractivity contribution < 1.29 is 5.11 Å². The fourth-order valence-electron chi connectivity index (χ4n) is 4.85. The van der Waals surface area contributed by atoms with E-state index >= 15 is 0 Å². The summed E-state index contributed by atoms with van der Waals surface area (Å²) in [4.78, 5) is 40.5. The molecule has 0 radical (unpaired) electrons. The van der Waals surface area contributed by atoms with Crippen LogP contribution in [0.25, 0.3) is 17.2 Å². The minimum atomic E-state index is -0.364. The molecule has 9 nitrogen and oxygen atoms in total. The number of H-pyrrole nitrogens is 2. The number of fused-ring (bicyclic) bond motifs is 1. The minimum absolute atomic E-state index is 0.0582. The number of allylic oxidation sites excluding steroid dienone is 5. The Bertz CT molecular complexity index is 1520. The van der Waals surface area contributed by atoms with Gasteiger partial charge in [0.15, 0.2) is 0 Å². The SMILES string of the molecule is CC.Cc1nc(C2=CC=CCc3c2[nH]n(CCN2CCCC2)c3=O)c(=O)[nH]c1/C=C(\C=C\O)c1ccncc1. The number of aromatic nitrogens is 5. The second-order valence-electron chi connectivity index (χ2n) is 9.25. The zero-order valence-corrected chi connectivity index (χ0v) is 22.8. The van der Waals surface area contributed by atoms with Crippen molar-refractivity contribution in [2.24, 2.45) is 0 Å². The van der Waals surface area contributed by atoms with E-state index in [9.17, 15) is 14.7 Å². The molecule has 0 saturated carbocycles. The van der Waals surface area contributed by atoms with E-state index in [1.807, 2.05) is 51.1 Å². The van der Waals surface area contributed by atoms with Gasteiger partial charge in [0.1, 0.15) is 5.69 Å². The highest BCUT2D eigenvalue weighted by atomic mass is 16.2. The minimum Gasteiger partial charge on any atom is -0.516 e. The van der Waals surface area contributed by atoms with E-state index in [1.54, 1.807) is 29.2 Å². The standard InChI is InChI=1S/C28H30N6O3.C2H6/c1-19-24(18-21(10-17-35)20-8-11-29-12-9-20)31-27(36)26(30-19)22-6-2-3-7-23-25(22)32-34(28(23)37)16-15-33-13-4-5-14-33;1-2/h2-3,6,8-12,17-18,32,35H,4-5,7,13-16H2,1H3,(H,31,36);1-2H3/b17-10+,21-18+;. The van der Waals surface area contributed by atoms with Gasteiger partial charge in [0.2, 0.25) is 0 Å². The lowest BCUT2D eigenvalue weighted by molar-refractivity contribution is 0.313. The molecule has 2 aliphatic rings. The van der Waals surface area contributed by atoms with Gasteiger partial charge in [0, 0.05) is 30.1 Å². The summed E-state index contributed by atoms with van der Waals surface area (Å²) < 4.78 is 1.65. The van der Waals surface area contributed by atoms with Crippen LogP contribution in [-0.2, 0) is 13.0 Å². The maximum Gasteiger partial charge on any atom is 0.275 e. The topological polar surface area (TPSA) is 120 Å². The molecule has 0 unspecified atom stereocenters. The van der Waals surface area contributed by atoms with Gasteiger partial charge in [-0.3, -0.25) is 24.4 Å². The number of aryl methyl sites for hydroxylation is 1. The maximum atomic E-state index is 13.3. The van der Waals surface area contributed by atoms with Gasteiger partial charge in [-0.2, -0.15) is 0 Å².